The van der Waals surface area contributed by atoms with E-state index in [9.17, 15) is 14.4 Å². The van der Waals surface area contributed by atoms with Crippen molar-refractivity contribution in [3.05, 3.63) is 59.7 Å². The number of nitrogens with zero attached hydrogens (tertiary/aromatic N) is 2. The van der Waals surface area contributed by atoms with E-state index in [0.29, 0.717) is 24.1 Å². The number of nitrogens with one attached hydrogen (secondary N) is 2. The monoisotopic (exact) mass is 422 g/mol. The van der Waals surface area contributed by atoms with E-state index >= 15 is 0 Å². The maximum absolute atomic E-state index is 12.5. The van der Waals surface area contributed by atoms with Crippen LogP contribution in [0.2, 0.25) is 0 Å². The summed E-state index contributed by atoms with van der Waals surface area (Å²) in [5, 5.41) is 5.96. The Morgan fingerprint density at radius 3 is 2.42 bits per heavy atom. The van der Waals surface area contributed by atoms with Crippen molar-refractivity contribution in [2.24, 2.45) is 0 Å². The molecule has 0 bridgehead atoms. The van der Waals surface area contributed by atoms with Gasteiger partial charge >= 0.3 is 0 Å². The Labute approximate surface area is 183 Å². The van der Waals surface area contributed by atoms with E-state index in [-0.39, 0.29) is 24.3 Å². The summed E-state index contributed by atoms with van der Waals surface area (Å²) in [4.78, 5) is 40.1. The molecule has 0 unspecified atom stereocenters. The smallest absolute Gasteiger partial charge is 0.253 e. The second-order valence-electron chi connectivity index (χ2n) is 7.97. The number of hydrogen-bond acceptors (Lipinski definition) is 4. The molecular formula is C24H30N4O3. The third-order valence-corrected chi connectivity index (χ3v) is 5.29. The van der Waals surface area contributed by atoms with Crippen LogP contribution in [0.15, 0.2) is 48.5 Å². The first-order valence-corrected chi connectivity index (χ1v) is 10.6. The van der Waals surface area contributed by atoms with Crippen molar-refractivity contribution in [2.45, 2.75) is 25.7 Å². The molecule has 1 aliphatic rings. The lowest BCUT2D eigenvalue weighted by atomic mass is 10.1. The molecule has 3 amide bonds. The fourth-order valence-corrected chi connectivity index (χ4v) is 3.53. The Kier molecular flexibility index (Phi) is 7.65. The molecule has 2 N–H and O–H groups in total. The standard InChI is InChI=1S/C24H30N4O3/c1-27(2)23(30)12-11-18-7-5-10-21(15-18)26-22(29)17-25-20-9-6-8-19(16-20)24(31)28-13-3-4-14-28/h5-10,15-16,25H,3-4,11-14,17H2,1-2H3,(H,26,29). The Bertz CT molecular complexity index is 936. The quantitative estimate of drug-likeness (QED) is 0.685. The highest BCUT2D eigenvalue weighted by Crippen LogP contribution is 2.17. The number of benzene rings is 2. The van der Waals surface area contributed by atoms with E-state index in [2.05, 4.69) is 10.6 Å². The Balaban J connectivity index is 1.51. The van der Waals surface area contributed by atoms with E-state index in [1.165, 1.54) is 0 Å². The van der Waals surface area contributed by atoms with Crippen LogP contribution in [-0.2, 0) is 16.0 Å². The molecule has 0 atom stereocenters. The molecule has 2 aromatic rings. The SMILES string of the molecule is CN(C)C(=O)CCc1cccc(NC(=O)CNc2cccc(C(=O)N3CCCC3)c2)c1. The largest absolute Gasteiger partial charge is 0.376 e. The highest BCUT2D eigenvalue weighted by Gasteiger charge is 2.19. The van der Waals surface area contributed by atoms with Gasteiger partial charge in [0.25, 0.3) is 5.91 Å². The highest BCUT2D eigenvalue weighted by atomic mass is 16.2. The molecule has 7 nitrogen and oxygen atoms in total. The van der Waals surface area contributed by atoms with Gasteiger partial charge in [-0.3, -0.25) is 14.4 Å². The minimum atomic E-state index is -0.183. The third-order valence-electron chi connectivity index (χ3n) is 5.29. The van der Waals surface area contributed by atoms with Gasteiger partial charge in [0.15, 0.2) is 0 Å². The molecule has 1 heterocycles. The summed E-state index contributed by atoms with van der Waals surface area (Å²) in [5.74, 6) is -0.0722. The fraction of sp³-hybridized carbons (Fsp3) is 0.375. The molecule has 0 radical (unpaired) electrons. The first-order chi connectivity index (χ1) is 14.9. The Hall–Kier alpha value is -3.35. The zero-order chi connectivity index (χ0) is 22.2. The maximum atomic E-state index is 12.5. The molecule has 1 saturated heterocycles. The van der Waals surface area contributed by atoms with E-state index < -0.39 is 0 Å². The van der Waals surface area contributed by atoms with Crippen LogP contribution in [0.25, 0.3) is 0 Å². The number of amides is 3. The number of carbonyl (C=O) groups excluding carboxylic acids is 3. The molecule has 0 saturated carbocycles. The van der Waals surface area contributed by atoms with Crippen molar-refractivity contribution in [1.82, 2.24) is 9.80 Å². The van der Waals surface area contributed by atoms with E-state index in [0.717, 1.165) is 37.2 Å². The average Bonchev–Trinajstić information content (AvgIpc) is 3.31. The van der Waals surface area contributed by atoms with Crippen molar-refractivity contribution >= 4 is 29.1 Å². The van der Waals surface area contributed by atoms with Gasteiger partial charge in [0, 0.05) is 50.5 Å². The summed E-state index contributed by atoms with van der Waals surface area (Å²) in [7, 11) is 3.48. The summed E-state index contributed by atoms with van der Waals surface area (Å²) in [6.07, 6.45) is 3.16. The molecule has 1 fully saturated rings. The van der Waals surface area contributed by atoms with Gasteiger partial charge in [0.2, 0.25) is 11.8 Å². The first kappa shape index (κ1) is 22.3. The molecule has 3 rings (SSSR count). The van der Waals surface area contributed by atoms with Gasteiger partial charge in [-0.15, -0.1) is 0 Å². The van der Waals surface area contributed by atoms with Crippen molar-refractivity contribution in [3.63, 3.8) is 0 Å². The van der Waals surface area contributed by atoms with E-state index in [1.807, 2.05) is 41.3 Å². The lowest BCUT2D eigenvalue weighted by Crippen LogP contribution is -2.27. The van der Waals surface area contributed by atoms with Gasteiger partial charge in [-0.1, -0.05) is 18.2 Å². The Morgan fingerprint density at radius 1 is 0.968 bits per heavy atom. The van der Waals surface area contributed by atoms with Crippen LogP contribution >= 0.6 is 0 Å². The minimum Gasteiger partial charge on any atom is -0.376 e. The van der Waals surface area contributed by atoms with Crippen LogP contribution in [0.1, 0.15) is 35.2 Å². The fourth-order valence-electron chi connectivity index (χ4n) is 3.53. The van der Waals surface area contributed by atoms with Crippen LogP contribution in [-0.4, -0.2) is 61.3 Å². The van der Waals surface area contributed by atoms with Crippen molar-refractivity contribution < 1.29 is 14.4 Å². The minimum absolute atomic E-state index is 0.0372. The summed E-state index contributed by atoms with van der Waals surface area (Å²) in [6.45, 7) is 1.70. The van der Waals surface area contributed by atoms with Gasteiger partial charge in [0.1, 0.15) is 0 Å². The number of aryl methyl sites for hydroxylation is 1. The number of carbonyl (C=O) groups is 3. The normalized spacial score (nSPS) is 13.0. The molecule has 1 aliphatic heterocycles. The van der Waals surface area contributed by atoms with Crippen LogP contribution in [0.5, 0.6) is 0 Å². The predicted molar refractivity (Wildman–Crippen MR) is 122 cm³/mol. The zero-order valence-electron chi connectivity index (χ0n) is 18.2. The van der Waals surface area contributed by atoms with Crippen molar-refractivity contribution in [3.8, 4) is 0 Å². The predicted octanol–water partition coefficient (Wildman–Crippen LogP) is 2.99. The van der Waals surface area contributed by atoms with E-state index in [4.69, 9.17) is 0 Å². The second kappa shape index (κ2) is 10.6. The second-order valence-corrected chi connectivity index (χ2v) is 7.97. The van der Waals surface area contributed by atoms with Gasteiger partial charge < -0.3 is 20.4 Å². The molecule has 0 aliphatic carbocycles. The zero-order valence-corrected chi connectivity index (χ0v) is 18.2. The number of rotatable bonds is 8. The number of hydrogen-bond donors (Lipinski definition) is 2. The molecule has 164 valence electrons. The molecule has 2 aromatic carbocycles. The summed E-state index contributed by atoms with van der Waals surface area (Å²) in [6, 6.07) is 14.8. The first-order valence-electron chi connectivity index (χ1n) is 10.6. The highest BCUT2D eigenvalue weighted by molar-refractivity contribution is 5.96. The van der Waals surface area contributed by atoms with Gasteiger partial charge in [0.05, 0.1) is 6.54 Å². The molecule has 31 heavy (non-hydrogen) atoms. The van der Waals surface area contributed by atoms with Crippen LogP contribution in [0.3, 0.4) is 0 Å². The average molecular weight is 423 g/mol. The topological polar surface area (TPSA) is 81.8 Å². The van der Waals surface area contributed by atoms with Gasteiger partial charge in [-0.2, -0.15) is 0 Å². The summed E-state index contributed by atoms with van der Waals surface area (Å²) in [5.41, 5.74) is 3.05. The number of anilines is 2. The lowest BCUT2D eigenvalue weighted by molar-refractivity contribution is -0.128. The maximum Gasteiger partial charge on any atom is 0.253 e. The molecular weight excluding hydrogens is 392 g/mol. The van der Waals surface area contributed by atoms with Crippen molar-refractivity contribution in [1.29, 1.82) is 0 Å². The van der Waals surface area contributed by atoms with Crippen LogP contribution in [0, 0.1) is 0 Å². The van der Waals surface area contributed by atoms with Crippen molar-refractivity contribution in [2.75, 3.05) is 44.4 Å². The van der Waals surface area contributed by atoms with Crippen LogP contribution < -0.4 is 10.6 Å². The van der Waals surface area contributed by atoms with E-state index in [1.54, 1.807) is 31.1 Å². The van der Waals surface area contributed by atoms with Gasteiger partial charge in [-0.25, -0.2) is 0 Å². The summed E-state index contributed by atoms with van der Waals surface area (Å²) < 4.78 is 0. The van der Waals surface area contributed by atoms with Crippen LogP contribution in [0.4, 0.5) is 11.4 Å². The molecule has 0 aromatic heterocycles. The lowest BCUT2D eigenvalue weighted by Gasteiger charge is -2.16. The number of likely N-dealkylation sites (tertiary alicyclic amines) is 1. The molecule has 0 spiro atoms. The molecule has 7 heteroatoms. The van der Waals surface area contributed by atoms with Gasteiger partial charge in [-0.05, 0) is 55.2 Å². The Morgan fingerprint density at radius 2 is 1.68 bits per heavy atom. The third kappa shape index (κ3) is 6.57. The summed E-state index contributed by atoms with van der Waals surface area (Å²) >= 11 is 0.